The van der Waals surface area contributed by atoms with E-state index >= 15 is 0 Å². The number of carbonyl (C=O) groups is 1. The van der Waals surface area contributed by atoms with Crippen molar-refractivity contribution in [3.05, 3.63) is 64.0 Å². The van der Waals surface area contributed by atoms with Gasteiger partial charge in [-0.25, -0.2) is 13.2 Å². The maximum Gasteiger partial charge on any atom is 0.247 e. The number of rotatable bonds is 2. The summed E-state index contributed by atoms with van der Waals surface area (Å²) in [6, 6.07) is 5.30. The number of nitrogens with one attached hydrogen (secondary N) is 1. The van der Waals surface area contributed by atoms with Crippen molar-refractivity contribution in [3.63, 3.8) is 0 Å². The molecule has 2 nitrogen and oxygen atoms in total. The van der Waals surface area contributed by atoms with E-state index in [1.165, 1.54) is 0 Å². The van der Waals surface area contributed by atoms with Gasteiger partial charge in [0, 0.05) is 17.7 Å². The molecule has 0 aromatic heterocycles. The fraction of sp³-hybridized carbons (Fsp3) is 0.227. The molecule has 138 valence electrons. The molecule has 0 atom stereocenters. The molecule has 2 aromatic carbocycles. The molecule has 1 aliphatic heterocycles. The lowest BCUT2D eigenvalue weighted by Gasteiger charge is -2.20. The molecule has 1 aliphatic rings. The highest BCUT2D eigenvalue weighted by atomic mass is 19.2. The van der Waals surface area contributed by atoms with Crippen LogP contribution in [0.5, 0.6) is 0 Å². The quantitative estimate of drug-likeness (QED) is 0.462. The molecule has 1 amide bonds. The van der Waals surface area contributed by atoms with Crippen molar-refractivity contribution in [1.29, 1.82) is 0 Å². The highest BCUT2D eigenvalue weighted by molar-refractivity contribution is 6.02. The van der Waals surface area contributed by atoms with Crippen LogP contribution >= 0.6 is 0 Å². The van der Waals surface area contributed by atoms with Crippen LogP contribution in [0.1, 0.15) is 36.5 Å². The Morgan fingerprint density at radius 2 is 1.81 bits per heavy atom. The summed E-state index contributed by atoms with van der Waals surface area (Å²) in [6.45, 7) is 4.26. The minimum atomic E-state index is -1.51. The van der Waals surface area contributed by atoms with Crippen LogP contribution in [0.15, 0.2) is 29.8 Å². The Kier molecular flexibility index (Phi) is 5.09. The van der Waals surface area contributed by atoms with Gasteiger partial charge in [-0.05, 0) is 78.8 Å². The van der Waals surface area contributed by atoms with Crippen molar-refractivity contribution in [3.8, 4) is 23.5 Å². The fourth-order valence-corrected chi connectivity index (χ4v) is 3.41. The monoisotopic (exact) mass is 369 g/mol. The third-order valence-electron chi connectivity index (χ3n) is 4.89. The van der Waals surface area contributed by atoms with Crippen molar-refractivity contribution < 1.29 is 18.0 Å². The number of benzene rings is 2. The fourth-order valence-electron chi connectivity index (χ4n) is 3.41. The van der Waals surface area contributed by atoms with Gasteiger partial charge in [-0.3, -0.25) is 4.79 Å². The number of amides is 1. The number of halogens is 3. The molecule has 3 rings (SSSR count). The molecule has 27 heavy (non-hydrogen) atoms. The lowest BCUT2D eigenvalue weighted by atomic mass is 9.87. The van der Waals surface area contributed by atoms with Gasteiger partial charge in [0.15, 0.2) is 17.5 Å². The average molecular weight is 369 g/mol. The average Bonchev–Trinajstić information content (AvgIpc) is 2.65. The SMILES string of the molecule is C#Cc1cc(/C(C)=C2\CCCNC2=O)c(C)c(-c2cc(F)c(F)c(F)c2)c1. The van der Waals surface area contributed by atoms with Crippen LogP contribution in [0.2, 0.25) is 0 Å². The predicted molar refractivity (Wildman–Crippen MR) is 99.3 cm³/mol. The van der Waals surface area contributed by atoms with Gasteiger partial charge in [-0.1, -0.05) is 5.92 Å². The van der Waals surface area contributed by atoms with Gasteiger partial charge in [-0.2, -0.15) is 0 Å². The highest BCUT2D eigenvalue weighted by Gasteiger charge is 2.21. The summed E-state index contributed by atoms with van der Waals surface area (Å²) in [6.07, 6.45) is 7.04. The van der Waals surface area contributed by atoms with Crippen LogP contribution < -0.4 is 5.32 Å². The maximum absolute atomic E-state index is 13.7. The van der Waals surface area contributed by atoms with Crippen LogP contribution in [-0.4, -0.2) is 12.5 Å². The molecule has 1 saturated heterocycles. The van der Waals surface area contributed by atoms with Crippen molar-refractivity contribution in [2.45, 2.75) is 26.7 Å². The number of carbonyl (C=O) groups excluding carboxylic acids is 1. The second-order valence-corrected chi connectivity index (χ2v) is 6.56. The number of hydrogen-bond donors (Lipinski definition) is 1. The van der Waals surface area contributed by atoms with Gasteiger partial charge in [0.25, 0.3) is 0 Å². The minimum Gasteiger partial charge on any atom is -0.352 e. The number of piperidine rings is 1. The molecule has 1 heterocycles. The van der Waals surface area contributed by atoms with Crippen molar-refractivity contribution in [2.75, 3.05) is 6.54 Å². The molecule has 0 radical (unpaired) electrons. The summed E-state index contributed by atoms with van der Waals surface area (Å²) < 4.78 is 40.8. The lowest BCUT2D eigenvalue weighted by molar-refractivity contribution is -0.118. The van der Waals surface area contributed by atoms with E-state index in [4.69, 9.17) is 6.42 Å². The first-order valence-corrected chi connectivity index (χ1v) is 8.58. The molecule has 1 fully saturated rings. The van der Waals surface area contributed by atoms with Gasteiger partial charge >= 0.3 is 0 Å². The molecule has 2 aromatic rings. The molecular weight excluding hydrogens is 351 g/mol. The van der Waals surface area contributed by atoms with Gasteiger partial charge in [0.05, 0.1) is 0 Å². The largest absolute Gasteiger partial charge is 0.352 e. The van der Waals surface area contributed by atoms with Crippen molar-refractivity contribution >= 4 is 11.5 Å². The maximum atomic E-state index is 13.7. The summed E-state index contributed by atoms with van der Waals surface area (Å²) in [7, 11) is 0. The zero-order valence-corrected chi connectivity index (χ0v) is 15.1. The van der Waals surface area contributed by atoms with Crippen molar-refractivity contribution in [1.82, 2.24) is 5.32 Å². The predicted octanol–water partition coefficient (Wildman–Crippen LogP) is 4.74. The van der Waals surface area contributed by atoms with E-state index < -0.39 is 17.5 Å². The molecule has 5 heteroatoms. The first kappa shape index (κ1) is 18.8. The Labute approximate surface area is 156 Å². The Morgan fingerprint density at radius 1 is 1.15 bits per heavy atom. The van der Waals surface area contributed by atoms with Crippen LogP contribution in [0.4, 0.5) is 13.2 Å². The Balaban J connectivity index is 2.24. The van der Waals surface area contributed by atoms with E-state index in [0.717, 1.165) is 29.7 Å². The summed E-state index contributed by atoms with van der Waals surface area (Å²) >= 11 is 0. The summed E-state index contributed by atoms with van der Waals surface area (Å²) in [4.78, 5) is 12.2. The van der Waals surface area contributed by atoms with Crippen LogP contribution in [-0.2, 0) is 4.79 Å². The standard InChI is InChI=1S/C22H18F3NO/c1-4-14-8-17(12(2)16-6-5-7-26-22(16)27)13(3)18(9-14)15-10-19(23)21(25)20(24)11-15/h1,8-11H,5-7H2,2-3H3,(H,26,27)/b16-12+. The molecular formula is C22H18F3NO. The summed E-state index contributed by atoms with van der Waals surface area (Å²) in [5.74, 6) is -1.63. The van der Waals surface area contributed by atoms with E-state index in [0.29, 0.717) is 35.2 Å². The Hall–Kier alpha value is -3.00. The second-order valence-electron chi connectivity index (χ2n) is 6.56. The van der Waals surface area contributed by atoms with E-state index in [-0.39, 0.29) is 11.5 Å². The smallest absolute Gasteiger partial charge is 0.247 e. The van der Waals surface area contributed by atoms with Gasteiger partial charge in [0.2, 0.25) is 5.91 Å². The van der Waals surface area contributed by atoms with Crippen LogP contribution in [0, 0.1) is 36.7 Å². The molecule has 0 spiro atoms. The van der Waals surface area contributed by atoms with E-state index in [1.54, 1.807) is 19.1 Å². The number of terminal acetylenes is 1. The lowest BCUT2D eigenvalue weighted by Crippen LogP contribution is -2.31. The summed E-state index contributed by atoms with van der Waals surface area (Å²) in [5.41, 5.74) is 4.07. The molecule has 1 N–H and O–H groups in total. The van der Waals surface area contributed by atoms with Crippen LogP contribution in [0.25, 0.3) is 16.7 Å². The van der Waals surface area contributed by atoms with Crippen molar-refractivity contribution in [2.24, 2.45) is 0 Å². The van der Waals surface area contributed by atoms with Gasteiger partial charge in [-0.15, -0.1) is 6.42 Å². The molecule has 0 unspecified atom stereocenters. The molecule has 0 saturated carbocycles. The third kappa shape index (κ3) is 3.48. The Bertz CT molecular complexity index is 992. The first-order valence-electron chi connectivity index (χ1n) is 8.58. The van der Waals surface area contributed by atoms with E-state index in [9.17, 15) is 18.0 Å². The van der Waals surface area contributed by atoms with E-state index in [2.05, 4.69) is 11.2 Å². The first-order chi connectivity index (χ1) is 12.8. The van der Waals surface area contributed by atoms with Crippen LogP contribution in [0.3, 0.4) is 0 Å². The zero-order chi connectivity index (χ0) is 19.7. The Morgan fingerprint density at radius 3 is 2.41 bits per heavy atom. The summed E-state index contributed by atoms with van der Waals surface area (Å²) in [5, 5.41) is 2.82. The highest BCUT2D eigenvalue weighted by Crippen LogP contribution is 2.34. The topological polar surface area (TPSA) is 29.1 Å². The third-order valence-corrected chi connectivity index (χ3v) is 4.89. The zero-order valence-electron chi connectivity index (χ0n) is 15.1. The normalized spacial score (nSPS) is 15.9. The molecule has 0 bridgehead atoms. The van der Waals surface area contributed by atoms with E-state index in [1.807, 2.05) is 6.92 Å². The number of hydrogen-bond acceptors (Lipinski definition) is 1. The number of allylic oxidation sites excluding steroid dienone is 1. The van der Waals surface area contributed by atoms with Gasteiger partial charge in [0.1, 0.15) is 0 Å². The second kappa shape index (κ2) is 7.32. The molecule has 0 aliphatic carbocycles. The van der Waals surface area contributed by atoms with Gasteiger partial charge < -0.3 is 5.32 Å². The minimum absolute atomic E-state index is 0.121.